The number of nitrogens with one attached hydrogen (secondary N) is 1. The van der Waals surface area contributed by atoms with E-state index >= 15 is 0 Å². The van der Waals surface area contributed by atoms with Crippen LogP contribution in [0.5, 0.6) is 0 Å². The monoisotopic (exact) mass is 393 g/mol. The number of rotatable bonds is 4. The van der Waals surface area contributed by atoms with Gasteiger partial charge in [-0.3, -0.25) is 4.79 Å². The third-order valence-corrected chi connectivity index (χ3v) is 5.38. The molecular formula is C15H12BrN3OS2. The highest BCUT2D eigenvalue weighted by Gasteiger charge is 2.10. The van der Waals surface area contributed by atoms with E-state index in [1.807, 2.05) is 31.2 Å². The molecule has 0 radical (unpaired) electrons. The predicted molar refractivity (Wildman–Crippen MR) is 95.6 cm³/mol. The summed E-state index contributed by atoms with van der Waals surface area (Å²) in [4.78, 5) is 22.7. The first-order valence-corrected chi connectivity index (χ1v) is 9.11. The van der Waals surface area contributed by atoms with Crippen molar-refractivity contribution >= 4 is 60.8 Å². The third kappa shape index (κ3) is 3.66. The summed E-state index contributed by atoms with van der Waals surface area (Å²) >= 11 is 6.43. The molecule has 3 aromatic rings. The largest absolute Gasteiger partial charge is 0.325 e. The van der Waals surface area contributed by atoms with Crippen LogP contribution in [0.15, 0.2) is 46.2 Å². The maximum absolute atomic E-state index is 12.0. The second-order valence-corrected chi connectivity index (χ2v) is 7.71. The highest BCUT2D eigenvalue weighted by Crippen LogP contribution is 2.30. The molecule has 22 heavy (non-hydrogen) atoms. The van der Waals surface area contributed by atoms with Crippen molar-refractivity contribution in [2.75, 3.05) is 11.1 Å². The fourth-order valence-electron chi connectivity index (χ4n) is 1.93. The number of nitrogens with zero attached hydrogens (tertiary/aromatic N) is 2. The molecule has 0 saturated carbocycles. The standard InChI is InChI=1S/C15H12BrN3OS2/c1-9-6-12-14(17-8-18-15(12)22-9)21-7-13(20)19-11-4-2-10(16)3-5-11/h2-6,8H,7H2,1H3,(H,19,20). The number of halogens is 1. The molecule has 0 unspecified atom stereocenters. The number of thiophene rings is 1. The Labute approximate surface area is 144 Å². The van der Waals surface area contributed by atoms with E-state index in [9.17, 15) is 4.79 Å². The molecule has 1 aromatic carbocycles. The molecular weight excluding hydrogens is 382 g/mol. The van der Waals surface area contributed by atoms with Crippen molar-refractivity contribution in [3.63, 3.8) is 0 Å². The summed E-state index contributed by atoms with van der Waals surface area (Å²) in [6.07, 6.45) is 1.55. The molecule has 0 fully saturated rings. The van der Waals surface area contributed by atoms with Crippen LogP contribution in [0, 0.1) is 6.92 Å². The van der Waals surface area contributed by atoms with E-state index < -0.39 is 0 Å². The number of carbonyl (C=O) groups excluding carboxylic acids is 1. The van der Waals surface area contributed by atoms with Crippen molar-refractivity contribution < 1.29 is 4.79 Å². The Bertz CT molecular complexity index is 817. The first kappa shape index (κ1) is 15.5. The van der Waals surface area contributed by atoms with Crippen molar-refractivity contribution in [2.24, 2.45) is 0 Å². The van der Waals surface area contributed by atoms with E-state index in [2.05, 4.69) is 37.3 Å². The molecule has 1 amide bonds. The molecule has 2 heterocycles. The molecule has 1 N–H and O–H groups in total. The Hall–Kier alpha value is -1.44. The second-order valence-electron chi connectivity index (χ2n) is 4.60. The zero-order valence-corrected chi connectivity index (χ0v) is 14.9. The molecule has 0 spiro atoms. The summed E-state index contributed by atoms with van der Waals surface area (Å²) in [6.45, 7) is 2.04. The van der Waals surface area contributed by atoms with E-state index in [1.54, 1.807) is 17.7 Å². The minimum atomic E-state index is -0.0500. The normalized spacial score (nSPS) is 10.8. The van der Waals surface area contributed by atoms with Gasteiger partial charge in [0.05, 0.1) is 5.75 Å². The van der Waals surface area contributed by atoms with Crippen LogP contribution in [0.1, 0.15) is 4.88 Å². The summed E-state index contributed by atoms with van der Waals surface area (Å²) in [6, 6.07) is 9.57. The van der Waals surface area contributed by atoms with Gasteiger partial charge < -0.3 is 5.32 Å². The van der Waals surface area contributed by atoms with Crippen molar-refractivity contribution in [1.82, 2.24) is 9.97 Å². The van der Waals surface area contributed by atoms with Crippen LogP contribution in [0.25, 0.3) is 10.2 Å². The summed E-state index contributed by atoms with van der Waals surface area (Å²) < 4.78 is 0.982. The molecule has 0 aliphatic rings. The smallest absolute Gasteiger partial charge is 0.234 e. The lowest BCUT2D eigenvalue weighted by molar-refractivity contribution is -0.113. The predicted octanol–water partition coefficient (Wildman–Crippen LogP) is 4.49. The summed E-state index contributed by atoms with van der Waals surface area (Å²) in [7, 11) is 0. The Balaban J connectivity index is 1.66. The van der Waals surface area contributed by atoms with Crippen LogP contribution in [0.4, 0.5) is 5.69 Å². The summed E-state index contributed by atoms with van der Waals surface area (Å²) in [5.74, 6) is 0.267. The van der Waals surface area contributed by atoms with Crippen molar-refractivity contribution in [3.05, 3.63) is 46.0 Å². The first-order valence-electron chi connectivity index (χ1n) is 6.51. The van der Waals surface area contributed by atoms with Crippen LogP contribution in [0.3, 0.4) is 0 Å². The number of thioether (sulfide) groups is 1. The van der Waals surface area contributed by atoms with E-state index in [4.69, 9.17) is 0 Å². The van der Waals surface area contributed by atoms with Crippen molar-refractivity contribution in [2.45, 2.75) is 11.9 Å². The maximum Gasteiger partial charge on any atom is 0.234 e. The van der Waals surface area contributed by atoms with Crippen LogP contribution in [-0.4, -0.2) is 21.6 Å². The first-order chi connectivity index (χ1) is 10.6. The minimum absolute atomic E-state index is 0.0500. The van der Waals surface area contributed by atoms with Crippen molar-refractivity contribution in [1.29, 1.82) is 0 Å². The van der Waals surface area contributed by atoms with Gasteiger partial charge in [-0.1, -0.05) is 27.7 Å². The van der Waals surface area contributed by atoms with Crippen LogP contribution < -0.4 is 5.32 Å². The van der Waals surface area contributed by atoms with Crippen LogP contribution in [-0.2, 0) is 4.79 Å². The van der Waals surface area contributed by atoms with Gasteiger partial charge in [0.1, 0.15) is 16.2 Å². The third-order valence-electron chi connectivity index (χ3n) is 2.88. The number of hydrogen-bond acceptors (Lipinski definition) is 5. The van der Waals surface area contributed by atoms with E-state index in [-0.39, 0.29) is 5.91 Å². The average Bonchev–Trinajstić information content (AvgIpc) is 2.88. The topological polar surface area (TPSA) is 54.9 Å². The molecule has 0 saturated heterocycles. The van der Waals surface area contributed by atoms with Crippen LogP contribution in [0.2, 0.25) is 0 Å². The molecule has 7 heteroatoms. The van der Waals surface area contributed by atoms with E-state index in [0.29, 0.717) is 5.75 Å². The van der Waals surface area contributed by atoms with Gasteiger partial charge in [0.2, 0.25) is 5.91 Å². The van der Waals surface area contributed by atoms with E-state index in [0.717, 1.165) is 25.4 Å². The number of hydrogen-bond donors (Lipinski definition) is 1. The van der Waals surface area contributed by atoms with Gasteiger partial charge in [0.15, 0.2) is 0 Å². The van der Waals surface area contributed by atoms with Gasteiger partial charge in [-0.2, -0.15) is 0 Å². The Kier molecular flexibility index (Phi) is 4.75. The van der Waals surface area contributed by atoms with Gasteiger partial charge >= 0.3 is 0 Å². The summed E-state index contributed by atoms with van der Waals surface area (Å²) in [5.41, 5.74) is 0.785. The fourth-order valence-corrected chi connectivity index (χ4v) is 3.88. The molecule has 2 aromatic heterocycles. The second kappa shape index (κ2) is 6.76. The van der Waals surface area contributed by atoms with Gasteiger partial charge in [0, 0.05) is 20.4 Å². The number of aromatic nitrogens is 2. The lowest BCUT2D eigenvalue weighted by atomic mass is 10.3. The minimum Gasteiger partial charge on any atom is -0.325 e. The number of fused-ring (bicyclic) bond motifs is 1. The number of anilines is 1. The number of amides is 1. The Morgan fingerprint density at radius 2 is 2.09 bits per heavy atom. The Morgan fingerprint density at radius 3 is 2.86 bits per heavy atom. The quantitative estimate of drug-likeness (QED) is 0.523. The van der Waals surface area contributed by atoms with Gasteiger partial charge in [-0.25, -0.2) is 9.97 Å². The molecule has 0 bridgehead atoms. The molecule has 3 rings (SSSR count). The number of benzene rings is 1. The van der Waals surface area contributed by atoms with Gasteiger partial charge in [0.25, 0.3) is 0 Å². The molecule has 4 nitrogen and oxygen atoms in total. The van der Waals surface area contributed by atoms with Crippen molar-refractivity contribution in [3.8, 4) is 0 Å². The number of carbonyl (C=O) groups is 1. The van der Waals surface area contributed by atoms with Crippen LogP contribution >= 0.6 is 39.0 Å². The lowest BCUT2D eigenvalue weighted by Crippen LogP contribution is -2.14. The molecule has 0 aliphatic heterocycles. The zero-order chi connectivity index (χ0) is 15.5. The Morgan fingerprint density at radius 1 is 1.32 bits per heavy atom. The molecule has 0 aliphatic carbocycles. The lowest BCUT2D eigenvalue weighted by Gasteiger charge is -2.05. The molecule has 0 atom stereocenters. The maximum atomic E-state index is 12.0. The van der Waals surface area contributed by atoms with E-state index in [1.165, 1.54) is 16.6 Å². The highest BCUT2D eigenvalue weighted by atomic mass is 79.9. The zero-order valence-electron chi connectivity index (χ0n) is 11.7. The molecule has 112 valence electrons. The SMILES string of the molecule is Cc1cc2c(SCC(=O)Nc3ccc(Br)cc3)ncnc2s1. The summed E-state index contributed by atoms with van der Waals surface area (Å²) in [5, 5.41) is 4.74. The highest BCUT2D eigenvalue weighted by molar-refractivity contribution is 9.10. The van der Waals surface area contributed by atoms with Gasteiger partial charge in [-0.05, 0) is 37.3 Å². The fraction of sp³-hybridized carbons (Fsp3) is 0.133. The number of aryl methyl sites for hydroxylation is 1. The average molecular weight is 394 g/mol. The van der Waals surface area contributed by atoms with Gasteiger partial charge in [-0.15, -0.1) is 11.3 Å².